The number of benzene rings is 1. The highest BCUT2D eigenvalue weighted by Gasteiger charge is 2.51. The second-order valence-electron chi connectivity index (χ2n) is 8.71. The number of thiophene rings is 2. The summed E-state index contributed by atoms with van der Waals surface area (Å²) in [5.74, 6) is -0.167. The number of piperidine rings is 3. The van der Waals surface area contributed by atoms with E-state index in [1.54, 1.807) is 0 Å². The molecule has 3 fully saturated rings. The molecule has 3 aromatic rings. The zero-order valence-corrected chi connectivity index (χ0v) is 20.3. The number of carbonyl (C=O) groups excluding carboxylic acids is 1. The Morgan fingerprint density at radius 2 is 1.77 bits per heavy atom. The summed E-state index contributed by atoms with van der Waals surface area (Å²) < 4.78 is 8.16. The van der Waals surface area contributed by atoms with E-state index >= 15 is 0 Å². The van der Waals surface area contributed by atoms with E-state index in [1.165, 1.54) is 28.2 Å². The summed E-state index contributed by atoms with van der Waals surface area (Å²) in [7, 11) is 0. The van der Waals surface area contributed by atoms with Crippen molar-refractivity contribution in [3.63, 3.8) is 0 Å². The Morgan fingerprint density at radius 3 is 2.35 bits per heavy atom. The first kappa shape index (κ1) is 21.3. The largest absolute Gasteiger partial charge is 0.453 e. The van der Waals surface area contributed by atoms with Crippen LogP contribution in [0.1, 0.15) is 28.2 Å². The molecule has 1 atom stereocenters. The van der Waals surface area contributed by atoms with Crippen molar-refractivity contribution in [3.05, 3.63) is 79.1 Å². The number of halogens is 1. The van der Waals surface area contributed by atoms with E-state index in [9.17, 15) is 9.90 Å². The van der Waals surface area contributed by atoms with Crippen LogP contribution >= 0.6 is 38.6 Å². The van der Waals surface area contributed by atoms with Crippen molar-refractivity contribution in [2.45, 2.75) is 31.1 Å². The van der Waals surface area contributed by atoms with Gasteiger partial charge in [-0.1, -0.05) is 40.2 Å². The van der Waals surface area contributed by atoms with E-state index in [4.69, 9.17) is 4.74 Å². The Bertz CT molecular complexity index is 1010. The summed E-state index contributed by atoms with van der Waals surface area (Å²) in [6.45, 7) is 3.99. The maximum absolute atomic E-state index is 13.4. The molecule has 0 saturated carbocycles. The Kier molecular flexibility index (Phi) is 5.81. The number of nitrogens with zero attached hydrogens (tertiary/aromatic N) is 1. The number of fused-ring (bicyclic) bond motifs is 3. The van der Waals surface area contributed by atoms with Crippen molar-refractivity contribution >= 4 is 44.6 Å². The van der Waals surface area contributed by atoms with Crippen molar-refractivity contribution in [2.75, 3.05) is 19.6 Å². The van der Waals surface area contributed by atoms with Crippen LogP contribution in [0.4, 0.5) is 0 Å². The minimum absolute atomic E-state index is 0.159. The van der Waals surface area contributed by atoms with Crippen molar-refractivity contribution in [1.82, 2.24) is 0 Å². The van der Waals surface area contributed by atoms with Crippen LogP contribution in [-0.4, -0.2) is 41.3 Å². The van der Waals surface area contributed by atoms with E-state index in [0.717, 1.165) is 48.0 Å². The molecule has 3 saturated heterocycles. The van der Waals surface area contributed by atoms with Gasteiger partial charge in [0.25, 0.3) is 0 Å². The molecule has 3 aliphatic rings. The molecule has 7 heteroatoms. The monoisotopic (exact) mass is 518 g/mol. The fraction of sp³-hybridized carbons (Fsp3) is 0.375. The summed E-state index contributed by atoms with van der Waals surface area (Å²) in [6.07, 6.45) is 1.96. The second-order valence-corrected chi connectivity index (χ2v) is 11.5. The van der Waals surface area contributed by atoms with E-state index in [1.807, 2.05) is 41.1 Å². The number of hydrogen-bond acceptors (Lipinski definition) is 5. The normalized spacial score (nSPS) is 25.5. The number of ether oxygens (including phenoxy) is 1. The van der Waals surface area contributed by atoms with Gasteiger partial charge in [0.05, 0.1) is 22.8 Å². The molecule has 2 bridgehead atoms. The molecule has 6 rings (SSSR count). The van der Waals surface area contributed by atoms with Gasteiger partial charge in [-0.25, -0.2) is 4.79 Å². The molecule has 0 amide bonds. The van der Waals surface area contributed by atoms with Crippen LogP contribution in [0.25, 0.3) is 0 Å². The fourth-order valence-electron chi connectivity index (χ4n) is 5.11. The van der Waals surface area contributed by atoms with Gasteiger partial charge in [-0.05, 0) is 35.0 Å². The summed E-state index contributed by atoms with van der Waals surface area (Å²) in [6, 6.07) is 15.8. The minimum Gasteiger partial charge on any atom is -0.453 e. The lowest BCUT2D eigenvalue weighted by Gasteiger charge is -2.52. The minimum atomic E-state index is -1.73. The first-order valence-electron chi connectivity index (χ1n) is 10.6. The maximum atomic E-state index is 13.4. The Labute approximate surface area is 198 Å². The molecule has 1 N–H and O–H groups in total. The second kappa shape index (κ2) is 8.45. The quantitative estimate of drug-likeness (QED) is 0.362. The zero-order valence-electron chi connectivity index (χ0n) is 17.1. The Hall–Kier alpha value is -1.51. The average Bonchev–Trinajstić information content (AvgIpc) is 3.48. The van der Waals surface area contributed by atoms with Crippen LogP contribution in [0, 0.1) is 5.92 Å². The molecule has 5 heterocycles. The smallest absolute Gasteiger partial charge is 0.349 e. The summed E-state index contributed by atoms with van der Waals surface area (Å²) in [5, 5.41) is 15.3. The topological polar surface area (TPSA) is 46.5 Å². The summed E-state index contributed by atoms with van der Waals surface area (Å²) in [5.41, 5.74) is -0.433. The molecule has 0 radical (unpaired) electrons. The van der Waals surface area contributed by atoms with E-state index in [-0.39, 0.29) is 6.10 Å². The van der Waals surface area contributed by atoms with Crippen LogP contribution < -0.4 is 0 Å². The van der Waals surface area contributed by atoms with Crippen LogP contribution in [0.15, 0.2) is 63.8 Å². The molecule has 0 unspecified atom stereocenters. The lowest BCUT2D eigenvalue weighted by molar-refractivity contribution is -0.958. The molecule has 3 aliphatic heterocycles. The highest BCUT2D eigenvalue weighted by Crippen LogP contribution is 2.41. The van der Waals surface area contributed by atoms with Crippen molar-refractivity contribution in [3.8, 4) is 0 Å². The number of aliphatic hydroxyl groups is 1. The summed E-state index contributed by atoms with van der Waals surface area (Å²) in [4.78, 5) is 14.7. The van der Waals surface area contributed by atoms with Gasteiger partial charge < -0.3 is 14.3 Å². The molecule has 2 aromatic heterocycles. The van der Waals surface area contributed by atoms with Crippen LogP contribution in [0.2, 0.25) is 0 Å². The van der Waals surface area contributed by atoms with Gasteiger partial charge >= 0.3 is 5.97 Å². The molecule has 0 spiro atoms. The third-order valence-electron chi connectivity index (χ3n) is 6.76. The predicted octanol–water partition coefficient (Wildman–Crippen LogP) is 5.16. The first-order chi connectivity index (χ1) is 15.0. The molecule has 162 valence electrons. The molecule has 1 aromatic carbocycles. The van der Waals surface area contributed by atoms with E-state index < -0.39 is 11.6 Å². The first-order valence-corrected chi connectivity index (χ1v) is 13.1. The van der Waals surface area contributed by atoms with Gasteiger partial charge in [0.1, 0.15) is 13.1 Å². The highest BCUT2D eigenvalue weighted by molar-refractivity contribution is 9.10. The SMILES string of the molecule is O=C(O[C@H]1C[N+]2(Cc3cccc(Br)c3)CCC1CC2)C(O)(c1cccs1)c1cccs1. The number of quaternary nitrogens is 1. The Morgan fingerprint density at radius 1 is 1.10 bits per heavy atom. The molecule has 4 nitrogen and oxygen atoms in total. The number of carbonyl (C=O) groups is 1. The fourth-order valence-corrected chi connectivity index (χ4v) is 7.27. The van der Waals surface area contributed by atoms with Crippen molar-refractivity contribution in [1.29, 1.82) is 0 Å². The summed E-state index contributed by atoms with van der Waals surface area (Å²) >= 11 is 6.35. The lowest BCUT2D eigenvalue weighted by Crippen LogP contribution is -2.64. The van der Waals surface area contributed by atoms with Crippen molar-refractivity contribution < 1.29 is 19.1 Å². The molecule has 31 heavy (non-hydrogen) atoms. The van der Waals surface area contributed by atoms with Gasteiger partial charge in [-0.3, -0.25) is 0 Å². The number of esters is 1. The highest BCUT2D eigenvalue weighted by atomic mass is 79.9. The van der Waals surface area contributed by atoms with Gasteiger partial charge in [0, 0.05) is 28.8 Å². The molecular formula is C24H25BrNO3S2+. The molecular weight excluding hydrogens is 494 g/mol. The van der Waals surface area contributed by atoms with E-state index in [2.05, 4.69) is 34.1 Å². The van der Waals surface area contributed by atoms with Crippen LogP contribution in [0.5, 0.6) is 0 Å². The van der Waals surface area contributed by atoms with Gasteiger partial charge in [-0.15, -0.1) is 22.7 Å². The number of hydrogen-bond donors (Lipinski definition) is 1. The third-order valence-corrected chi connectivity index (χ3v) is 9.21. The maximum Gasteiger partial charge on any atom is 0.349 e. The standard InChI is InChI=1S/C24H25BrNO3S2/c25-19-5-1-4-17(14-19)15-26-10-8-18(9-11-26)20(16-26)29-23(27)24(28,21-6-2-12-30-21)22-7-3-13-31-22/h1-7,12-14,18,20,28H,8-11,15-16H2/q+1/t18?,20-,26?/m0/s1. The Balaban J connectivity index is 1.37. The zero-order chi connectivity index (χ0) is 21.5. The average molecular weight is 520 g/mol. The molecule has 0 aliphatic carbocycles. The van der Waals surface area contributed by atoms with Crippen LogP contribution in [-0.2, 0) is 21.7 Å². The third kappa shape index (κ3) is 4.02. The van der Waals surface area contributed by atoms with E-state index in [0.29, 0.717) is 15.7 Å². The van der Waals surface area contributed by atoms with Gasteiger partial charge in [0.15, 0.2) is 6.10 Å². The predicted molar refractivity (Wildman–Crippen MR) is 127 cm³/mol. The number of rotatable bonds is 6. The van der Waals surface area contributed by atoms with Gasteiger partial charge in [-0.2, -0.15) is 0 Å². The lowest BCUT2D eigenvalue weighted by atomic mass is 9.82. The van der Waals surface area contributed by atoms with Crippen molar-refractivity contribution in [2.24, 2.45) is 5.92 Å². The van der Waals surface area contributed by atoms with Gasteiger partial charge in [0.2, 0.25) is 5.60 Å². The van der Waals surface area contributed by atoms with Crippen LogP contribution in [0.3, 0.4) is 0 Å².